The molecule has 0 aromatic heterocycles. The van der Waals surface area contributed by atoms with Crippen molar-refractivity contribution in [3.63, 3.8) is 0 Å². The van der Waals surface area contributed by atoms with E-state index in [1.165, 1.54) is 0 Å². The summed E-state index contributed by atoms with van der Waals surface area (Å²) in [4.78, 5) is 11.8. The van der Waals surface area contributed by atoms with Crippen molar-refractivity contribution in [3.05, 3.63) is 76.8 Å². The van der Waals surface area contributed by atoms with Crippen LogP contribution in [0.2, 0.25) is 5.02 Å². The molecule has 7 heteroatoms. The number of hydrogen-bond donors (Lipinski definition) is 3. The zero-order valence-electron chi connectivity index (χ0n) is 16.0. The van der Waals surface area contributed by atoms with Crippen LogP contribution in [-0.4, -0.2) is 18.1 Å². The summed E-state index contributed by atoms with van der Waals surface area (Å²) in [5, 5.41) is 7.33. The first kappa shape index (κ1) is 20.6. The Kier molecular flexibility index (Phi) is 6.36. The maximum Gasteiger partial charge on any atom is 0.249 e. The summed E-state index contributed by atoms with van der Waals surface area (Å²) in [6.45, 7) is 1.94. The lowest BCUT2D eigenvalue weighted by atomic mass is 9.98. The second-order valence-electron chi connectivity index (χ2n) is 6.37. The minimum Gasteiger partial charge on any atom is -0.496 e. The number of aryl methyl sites for hydroxylation is 1. The Morgan fingerprint density at radius 1 is 1.03 bits per heavy atom. The Bertz CT molecular complexity index is 1070. The maximum absolute atomic E-state index is 11.8. The van der Waals surface area contributed by atoms with Gasteiger partial charge in [-0.1, -0.05) is 35.9 Å². The van der Waals surface area contributed by atoms with Crippen LogP contribution in [0.3, 0.4) is 0 Å². The first-order valence-corrected chi connectivity index (χ1v) is 9.59. The van der Waals surface area contributed by atoms with E-state index < -0.39 is 5.91 Å². The third-order valence-electron chi connectivity index (χ3n) is 4.37. The van der Waals surface area contributed by atoms with Gasteiger partial charge >= 0.3 is 0 Å². The molecule has 3 rings (SSSR count). The normalized spacial score (nSPS) is 10.3. The van der Waals surface area contributed by atoms with Gasteiger partial charge in [-0.15, -0.1) is 0 Å². The molecule has 0 heterocycles. The molecule has 0 saturated carbocycles. The average Bonchev–Trinajstić information content (AvgIpc) is 2.70. The van der Waals surface area contributed by atoms with Gasteiger partial charge in [0.1, 0.15) is 5.75 Å². The van der Waals surface area contributed by atoms with E-state index in [1.54, 1.807) is 25.3 Å². The molecule has 3 aromatic carbocycles. The van der Waals surface area contributed by atoms with Crippen LogP contribution in [0.5, 0.6) is 5.75 Å². The molecular weight excluding hydrogens is 406 g/mol. The molecule has 0 spiro atoms. The quantitative estimate of drug-likeness (QED) is 0.488. The number of ether oxygens (including phenoxy) is 1. The van der Waals surface area contributed by atoms with Crippen LogP contribution in [0, 0.1) is 6.92 Å². The van der Waals surface area contributed by atoms with Gasteiger partial charge < -0.3 is 21.1 Å². The molecule has 29 heavy (non-hydrogen) atoms. The molecule has 5 nitrogen and oxygen atoms in total. The Morgan fingerprint density at radius 3 is 2.31 bits per heavy atom. The third-order valence-corrected chi connectivity index (χ3v) is 4.98. The standard InChI is InChI=1S/C22H20ClN3O2S/c1-13-6-9-16(12-18(13)23)26-22(29)25-15-10-7-14(8-11-15)20-17(21(24)27)4-3-5-19(20)28-2/h3-12H,1-2H3,(H2,24,27)(H2,25,26,29). The summed E-state index contributed by atoms with van der Waals surface area (Å²) in [6.07, 6.45) is 0. The van der Waals surface area contributed by atoms with Gasteiger partial charge in [0.2, 0.25) is 5.91 Å². The molecule has 148 valence electrons. The van der Waals surface area contributed by atoms with Crippen molar-refractivity contribution in [2.75, 3.05) is 17.7 Å². The predicted molar refractivity (Wildman–Crippen MR) is 123 cm³/mol. The van der Waals surface area contributed by atoms with E-state index in [1.807, 2.05) is 49.4 Å². The van der Waals surface area contributed by atoms with Gasteiger partial charge in [0, 0.05) is 22.0 Å². The van der Waals surface area contributed by atoms with E-state index in [4.69, 9.17) is 34.3 Å². The number of anilines is 2. The molecule has 0 atom stereocenters. The number of nitrogens with two attached hydrogens (primary N) is 1. The highest BCUT2D eigenvalue weighted by Gasteiger charge is 2.15. The number of methoxy groups -OCH3 is 1. The van der Waals surface area contributed by atoms with Crippen molar-refractivity contribution in [1.82, 2.24) is 0 Å². The Balaban J connectivity index is 1.78. The number of nitrogens with one attached hydrogen (secondary N) is 2. The van der Waals surface area contributed by atoms with Crippen LogP contribution in [-0.2, 0) is 0 Å². The topological polar surface area (TPSA) is 76.4 Å². The summed E-state index contributed by atoms with van der Waals surface area (Å²) in [6, 6.07) is 18.3. The average molecular weight is 426 g/mol. The van der Waals surface area contributed by atoms with E-state index in [-0.39, 0.29) is 0 Å². The van der Waals surface area contributed by atoms with Crippen LogP contribution >= 0.6 is 23.8 Å². The molecule has 0 aliphatic rings. The van der Waals surface area contributed by atoms with E-state index in [0.717, 1.165) is 22.5 Å². The lowest BCUT2D eigenvalue weighted by Gasteiger charge is -2.14. The second kappa shape index (κ2) is 8.94. The van der Waals surface area contributed by atoms with Gasteiger partial charge in [0.05, 0.1) is 12.7 Å². The smallest absolute Gasteiger partial charge is 0.249 e. The van der Waals surface area contributed by atoms with E-state index in [0.29, 0.717) is 27.0 Å². The first-order chi connectivity index (χ1) is 13.9. The molecule has 0 aliphatic heterocycles. The van der Waals surface area contributed by atoms with Gasteiger partial charge in [-0.3, -0.25) is 4.79 Å². The second-order valence-corrected chi connectivity index (χ2v) is 7.18. The fourth-order valence-electron chi connectivity index (χ4n) is 2.89. The molecule has 1 amide bonds. The monoisotopic (exact) mass is 425 g/mol. The molecule has 4 N–H and O–H groups in total. The van der Waals surface area contributed by atoms with Crippen molar-refractivity contribution < 1.29 is 9.53 Å². The lowest BCUT2D eigenvalue weighted by molar-refractivity contribution is 0.100. The van der Waals surface area contributed by atoms with Crippen LogP contribution in [0.15, 0.2) is 60.7 Å². The van der Waals surface area contributed by atoms with Crippen LogP contribution in [0.25, 0.3) is 11.1 Å². The van der Waals surface area contributed by atoms with Crippen molar-refractivity contribution in [3.8, 4) is 16.9 Å². The maximum atomic E-state index is 11.8. The van der Waals surface area contributed by atoms with Crippen LogP contribution in [0.1, 0.15) is 15.9 Å². The third kappa shape index (κ3) is 4.85. The molecule has 0 saturated heterocycles. The fourth-order valence-corrected chi connectivity index (χ4v) is 3.30. The zero-order valence-corrected chi connectivity index (χ0v) is 17.5. The first-order valence-electron chi connectivity index (χ1n) is 8.80. The molecule has 0 bridgehead atoms. The number of halogens is 1. The fraction of sp³-hybridized carbons (Fsp3) is 0.0909. The largest absolute Gasteiger partial charge is 0.496 e. The minimum absolute atomic E-state index is 0.401. The van der Waals surface area contributed by atoms with E-state index in [2.05, 4.69) is 10.6 Å². The van der Waals surface area contributed by atoms with Crippen molar-refractivity contribution >= 4 is 46.2 Å². The molecular formula is C22H20ClN3O2S. The highest BCUT2D eigenvalue weighted by atomic mass is 35.5. The number of hydrogen-bond acceptors (Lipinski definition) is 3. The minimum atomic E-state index is -0.511. The number of rotatable bonds is 5. The summed E-state index contributed by atoms with van der Waals surface area (Å²) in [7, 11) is 1.56. The Morgan fingerprint density at radius 2 is 1.69 bits per heavy atom. The molecule has 0 radical (unpaired) electrons. The molecule has 0 fully saturated rings. The number of benzene rings is 3. The zero-order chi connectivity index (χ0) is 21.0. The number of amides is 1. The number of carbonyl (C=O) groups is 1. The highest BCUT2D eigenvalue weighted by molar-refractivity contribution is 7.80. The molecule has 0 unspecified atom stereocenters. The van der Waals surface area contributed by atoms with Crippen LogP contribution in [0.4, 0.5) is 11.4 Å². The Hall–Kier alpha value is -3.09. The van der Waals surface area contributed by atoms with Gasteiger partial charge in [0.15, 0.2) is 5.11 Å². The van der Waals surface area contributed by atoms with Gasteiger partial charge in [0.25, 0.3) is 0 Å². The predicted octanol–water partition coefficient (Wildman–Crippen LogP) is 5.23. The van der Waals surface area contributed by atoms with Gasteiger partial charge in [-0.2, -0.15) is 0 Å². The van der Waals surface area contributed by atoms with Crippen LogP contribution < -0.4 is 21.1 Å². The number of thiocarbonyl (C=S) groups is 1. The SMILES string of the molecule is COc1cccc(C(N)=O)c1-c1ccc(NC(=S)Nc2ccc(C)c(Cl)c2)cc1. The number of carbonyl (C=O) groups excluding carboxylic acids is 1. The van der Waals surface area contributed by atoms with Gasteiger partial charge in [-0.05, 0) is 66.7 Å². The van der Waals surface area contributed by atoms with E-state index >= 15 is 0 Å². The molecule has 3 aromatic rings. The molecule has 0 aliphatic carbocycles. The summed E-state index contributed by atoms with van der Waals surface area (Å²) >= 11 is 11.5. The number of primary amides is 1. The van der Waals surface area contributed by atoms with Gasteiger partial charge in [-0.25, -0.2) is 0 Å². The van der Waals surface area contributed by atoms with Crippen molar-refractivity contribution in [2.45, 2.75) is 6.92 Å². The van der Waals surface area contributed by atoms with Crippen molar-refractivity contribution in [2.24, 2.45) is 5.73 Å². The summed E-state index contributed by atoms with van der Waals surface area (Å²) in [5.41, 5.74) is 9.98. The Labute approximate surface area is 179 Å². The highest BCUT2D eigenvalue weighted by Crippen LogP contribution is 2.34. The summed E-state index contributed by atoms with van der Waals surface area (Å²) < 4.78 is 5.40. The van der Waals surface area contributed by atoms with Crippen molar-refractivity contribution in [1.29, 1.82) is 0 Å². The summed E-state index contributed by atoms with van der Waals surface area (Å²) in [5.74, 6) is 0.0682. The lowest BCUT2D eigenvalue weighted by Crippen LogP contribution is -2.19. The van der Waals surface area contributed by atoms with E-state index in [9.17, 15) is 4.79 Å².